The van der Waals surface area contributed by atoms with Gasteiger partial charge in [0.15, 0.2) is 0 Å². The lowest BCUT2D eigenvalue weighted by Crippen LogP contribution is -2.46. The third-order valence-corrected chi connectivity index (χ3v) is 6.31. The third-order valence-electron chi connectivity index (χ3n) is 6.31. The number of fused-ring (bicyclic) bond motifs is 1. The van der Waals surface area contributed by atoms with Crippen LogP contribution in [0.25, 0.3) is 11.0 Å². The van der Waals surface area contributed by atoms with Gasteiger partial charge in [-0.2, -0.15) is 0 Å². The highest BCUT2D eigenvalue weighted by Crippen LogP contribution is 2.48. The first-order chi connectivity index (χ1) is 11.3. The number of likely N-dealkylation sites (tertiary alicyclic amines) is 1. The minimum atomic E-state index is 0.360. The predicted octanol–water partition coefficient (Wildman–Crippen LogP) is 4.17. The molecule has 1 aromatic heterocycles. The second-order valence-corrected chi connectivity index (χ2v) is 7.55. The molecule has 1 aliphatic heterocycles. The van der Waals surface area contributed by atoms with Gasteiger partial charge in [0.05, 0.1) is 11.0 Å². The van der Waals surface area contributed by atoms with Crippen LogP contribution in [0.15, 0.2) is 30.6 Å². The normalized spacial score (nSPS) is 23.2. The molecule has 1 aliphatic carbocycles. The molecule has 1 saturated carbocycles. The van der Waals surface area contributed by atoms with Gasteiger partial charge in [-0.05, 0) is 69.4 Å². The molecule has 2 aromatic rings. The summed E-state index contributed by atoms with van der Waals surface area (Å²) in [7, 11) is 2.26. The molecule has 2 fully saturated rings. The molecular formula is C20H27N3. The largest absolute Gasteiger partial charge is 0.306 e. The standard InChI is InChI=1S/C20H27N3/c1-23-13-9-20(10-14-23,16-5-3-2-4-6-16)17-7-8-18-19(15-17)22-12-11-21-18/h7-8,11-12,15-16H,2-6,9-10,13-14H2,1H3. The van der Waals surface area contributed by atoms with Crippen LogP contribution < -0.4 is 0 Å². The summed E-state index contributed by atoms with van der Waals surface area (Å²) in [5, 5.41) is 0. The molecular weight excluding hydrogens is 282 g/mol. The molecule has 0 atom stereocenters. The average Bonchev–Trinajstić information content (AvgIpc) is 2.63. The average molecular weight is 309 g/mol. The van der Waals surface area contributed by atoms with Crippen molar-refractivity contribution >= 4 is 11.0 Å². The van der Waals surface area contributed by atoms with Crippen molar-refractivity contribution in [2.45, 2.75) is 50.4 Å². The monoisotopic (exact) mass is 309 g/mol. The van der Waals surface area contributed by atoms with E-state index in [4.69, 9.17) is 0 Å². The van der Waals surface area contributed by atoms with Crippen molar-refractivity contribution in [3.05, 3.63) is 36.2 Å². The van der Waals surface area contributed by atoms with Gasteiger partial charge in [0.25, 0.3) is 0 Å². The topological polar surface area (TPSA) is 29.0 Å². The Bertz CT molecular complexity index is 667. The van der Waals surface area contributed by atoms with Gasteiger partial charge in [-0.25, -0.2) is 0 Å². The summed E-state index contributed by atoms with van der Waals surface area (Å²) >= 11 is 0. The number of benzene rings is 1. The first-order valence-corrected chi connectivity index (χ1v) is 9.18. The Hall–Kier alpha value is -1.48. The molecule has 0 N–H and O–H groups in total. The van der Waals surface area contributed by atoms with Crippen LogP contribution in [0.1, 0.15) is 50.5 Å². The summed E-state index contributed by atoms with van der Waals surface area (Å²) in [6.07, 6.45) is 13.2. The molecule has 0 amide bonds. The van der Waals surface area contributed by atoms with Crippen LogP contribution in [-0.4, -0.2) is 35.0 Å². The Morgan fingerprint density at radius 1 is 0.957 bits per heavy atom. The fourth-order valence-corrected chi connectivity index (χ4v) is 4.88. The summed E-state index contributed by atoms with van der Waals surface area (Å²) in [5.41, 5.74) is 3.95. The summed E-state index contributed by atoms with van der Waals surface area (Å²) in [4.78, 5) is 11.5. The van der Waals surface area contributed by atoms with Crippen LogP contribution >= 0.6 is 0 Å². The zero-order valence-corrected chi connectivity index (χ0v) is 14.2. The number of hydrogen-bond donors (Lipinski definition) is 0. The van der Waals surface area contributed by atoms with E-state index in [9.17, 15) is 0 Å². The third kappa shape index (κ3) is 2.76. The molecule has 1 aromatic carbocycles. The minimum Gasteiger partial charge on any atom is -0.306 e. The lowest BCUT2D eigenvalue weighted by molar-refractivity contribution is 0.106. The molecule has 0 bridgehead atoms. The van der Waals surface area contributed by atoms with E-state index in [1.807, 2.05) is 6.20 Å². The second-order valence-electron chi connectivity index (χ2n) is 7.55. The van der Waals surface area contributed by atoms with Gasteiger partial charge in [0.1, 0.15) is 0 Å². The molecule has 23 heavy (non-hydrogen) atoms. The molecule has 2 aliphatic rings. The molecule has 122 valence electrons. The highest BCUT2D eigenvalue weighted by molar-refractivity contribution is 5.74. The van der Waals surface area contributed by atoms with E-state index >= 15 is 0 Å². The number of rotatable bonds is 2. The van der Waals surface area contributed by atoms with Crippen LogP contribution in [0, 0.1) is 5.92 Å². The van der Waals surface area contributed by atoms with Crippen LogP contribution in [0.3, 0.4) is 0 Å². The van der Waals surface area contributed by atoms with Gasteiger partial charge in [-0.3, -0.25) is 9.97 Å². The Morgan fingerprint density at radius 2 is 1.65 bits per heavy atom. The molecule has 1 saturated heterocycles. The van der Waals surface area contributed by atoms with Gasteiger partial charge in [0.2, 0.25) is 0 Å². The summed E-state index contributed by atoms with van der Waals surface area (Å²) in [6.45, 7) is 2.43. The molecule has 0 unspecified atom stereocenters. The van der Waals surface area contributed by atoms with Crippen molar-refractivity contribution in [3.8, 4) is 0 Å². The Morgan fingerprint density at radius 3 is 2.39 bits per heavy atom. The number of piperidine rings is 1. The maximum absolute atomic E-state index is 4.55. The predicted molar refractivity (Wildman–Crippen MR) is 94.5 cm³/mol. The van der Waals surface area contributed by atoms with E-state index in [1.165, 1.54) is 63.6 Å². The van der Waals surface area contributed by atoms with Crippen LogP contribution in [0.4, 0.5) is 0 Å². The van der Waals surface area contributed by atoms with Crippen LogP contribution in [-0.2, 0) is 5.41 Å². The number of nitrogens with zero attached hydrogens (tertiary/aromatic N) is 3. The van der Waals surface area contributed by atoms with Gasteiger partial charge < -0.3 is 4.90 Å². The highest BCUT2D eigenvalue weighted by Gasteiger charge is 2.42. The summed E-state index contributed by atoms with van der Waals surface area (Å²) in [5.74, 6) is 0.846. The van der Waals surface area contributed by atoms with Crippen molar-refractivity contribution in [1.82, 2.24) is 14.9 Å². The minimum absolute atomic E-state index is 0.360. The van der Waals surface area contributed by atoms with Crippen molar-refractivity contribution in [2.75, 3.05) is 20.1 Å². The highest BCUT2D eigenvalue weighted by atomic mass is 15.1. The number of aromatic nitrogens is 2. The van der Waals surface area contributed by atoms with Crippen molar-refractivity contribution in [2.24, 2.45) is 5.92 Å². The number of hydrogen-bond acceptors (Lipinski definition) is 3. The van der Waals surface area contributed by atoms with E-state index in [-0.39, 0.29) is 0 Å². The quantitative estimate of drug-likeness (QED) is 0.833. The first-order valence-electron chi connectivity index (χ1n) is 9.18. The Labute approximate surface area is 139 Å². The zero-order valence-electron chi connectivity index (χ0n) is 14.2. The lowest BCUT2D eigenvalue weighted by Gasteiger charge is -2.48. The van der Waals surface area contributed by atoms with Crippen LogP contribution in [0.2, 0.25) is 0 Å². The molecule has 0 spiro atoms. The van der Waals surface area contributed by atoms with E-state index in [2.05, 4.69) is 40.1 Å². The lowest BCUT2D eigenvalue weighted by atomic mass is 9.60. The van der Waals surface area contributed by atoms with E-state index < -0.39 is 0 Å². The summed E-state index contributed by atoms with van der Waals surface area (Å²) < 4.78 is 0. The summed E-state index contributed by atoms with van der Waals surface area (Å²) in [6, 6.07) is 6.86. The van der Waals surface area contributed by atoms with E-state index in [0.29, 0.717) is 5.41 Å². The Kier molecular flexibility index (Phi) is 4.06. The fraction of sp³-hybridized carbons (Fsp3) is 0.600. The van der Waals surface area contributed by atoms with Crippen molar-refractivity contribution in [3.63, 3.8) is 0 Å². The van der Waals surface area contributed by atoms with Gasteiger partial charge in [-0.15, -0.1) is 0 Å². The Balaban J connectivity index is 1.76. The van der Waals surface area contributed by atoms with Gasteiger partial charge >= 0.3 is 0 Å². The van der Waals surface area contributed by atoms with Gasteiger partial charge in [0, 0.05) is 17.8 Å². The molecule has 4 rings (SSSR count). The maximum Gasteiger partial charge on any atom is 0.0889 e. The molecule has 3 nitrogen and oxygen atoms in total. The maximum atomic E-state index is 4.55. The van der Waals surface area contributed by atoms with Gasteiger partial charge in [-0.1, -0.05) is 25.3 Å². The molecule has 0 radical (unpaired) electrons. The smallest absolute Gasteiger partial charge is 0.0889 e. The van der Waals surface area contributed by atoms with Crippen molar-refractivity contribution in [1.29, 1.82) is 0 Å². The van der Waals surface area contributed by atoms with Crippen LogP contribution in [0.5, 0.6) is 0 Å². The first kappa shape index (κ1) is 15.1. The van der Waals surface area contributed by atoms with Crippen molar-refractivity contribution < 1.29 is 0 Å². The van der Waals surface area contributed by atoms with E-state index in [1.54, 1.807) is 6.20 Å². The fourth-order valence-electron chi connectivity index (χ4n) is 4.88. The van der Waals surface area contributed by atoms with E-state index in [0.717, 1.165) is 17.0 Å². The second kappa shape index (κ2) is 6.20. The zero-order chi connectivity index (χ0) is 15.7. The molecule has 2 heterocycles. The molecule has 3 heteroatoms. The SMILES string of the molecule is CN1CCC(c2ccc3nccnc3c2)(C2CCCCC2)CC1.